The molecule has 33 heavy (non-hydrogen) atoms. The average Bonchev–Trinajstić information content (AvgIpc) is 2.82. The molecular formula is C21H20Cl2N8O2. The molecule has 2 N–H and O–H groups in total. The van der Waals surface area contributed by atoms with Crippen LogP contribution in [0, 0.1) is 10.1 Å². The van der Waals surface area contributed by atoms with E-state index in [2.05, 4.69) is 35.7 Å². The fraction of sp³-hybridized carbons (Fsp3) is 0.238. The van der Waals surface area contributed by atoms with Gasteiger partial charge < -0.3 is 10.2 Å². The molecule has 1 aliphatic heterocycles. The summed E-state index contributed by atoms with van der Waals surface area (Å²) in [5, 5.41) is 19.1. The number of aromatic nitrogens is 3. The molecular weight excluding hydrogens is 467 g/mol. The van der Waals surface area contributed by atoms with E-state index >= 15 is 0 Å². The Labute approximate surface area is 199 Å². The number of non-ortho nitro benzene ring substituents is 1. The van der Waals surface area contributed by atoms with Crippen molar-refractivity contribution in [2.75, 3.05) is 28.7 Å². The fourth-order valence-corrected chi connectivity index (χ4v) is 3.57. The summed E-state index contributed by atoms with van der Waals surface area (Å²) in [6, 6.07) is 11.2. The molecule has 0 atom stereocenters. The lowest BCUT2D eigenvalue weighted by Gasteiger charge is -2.26. The highest BCUT2D eigenvalue weighted by molar-refractivity contribution is 6.42. The molecule has 170 valence electrons. The van der Waals surface area contributed by atoms with Gasteiger partial charge in [0.2, 0.25) is 17.8 Å². The van der Waals surface area contributed by atoms with Crippen molar-refractivity contribution in [1.29, 1.82) is 0 Å². The Balaban J connectivity index is 1.56. The van der Waals surface area contributed by atoms with Gasteiger partial charge in [-0.1, -0.05) is 29.3 Å². The molecule has 0 amide bonds. The molecule has 0 radical (unpaired) electrons. The van der Waals surface area contributed by atoms with Crippen LogP contribution in [0.2, 0.25) is 10.0 Å². The topological polar surface area (TPSA) is 121 Å². The summed E-state index contributed by atoms with van der Waals surface area (Å²) < 4.78 is 0. The van der Waals surface area contributed by atoms with Crippen molar-refractivity contribution in [3.8, 4) is 0 Å². The number of nitro groups is 1. The largest absolute Gasteiger partial charge is 0.341 e. The van der Waals surface area contributed by atoms with Crippen molar-refractivity contribution in [3.05, 3.63) is 68.2 Å². The van der Waals surface area contributed by atoms with Gasteiger partial charge in [-0.15, -0.1) is 0 Å². The average molecular weight is 487 g/mol. The van der Waals surface area contributed by atoms with Gasteiger partial charge in [-0.3, -0.25) is 10.1 Å². The molecule has 1 aliphatic rings. The highest BCUT2D eigenvalue weighted by Gasteiger charge is 2.16. The standard InChI is InChI=1S/C21H20Cl2N8O2/c22-17-9-4-14(12-18(17)23)13-24-29-20-26-19(25-15-5-7-16(8-6-15)31(32)33)27-21(28-20)30-10-2-1-3-11-30/h4-9,12-13H,1-3,10-11H2,(H2,25,26,27,28,29)/b24-13+. The molecule has 0 aliphatic carbocycles. The van der Waals surface area contributed by atoms with Crippen LogP contribution in [0.3, 0.4) is 0 Å². The lowest BCUT2D eigenvalue weighted by atomic mass is 10.1. The lowest BCUT2D eigenvalue weighted by molar-refractivity contribution is -0.384. The van der Waals surface area contributed by atoms with Gasteiger partial charge >= 0.3 is 0 Å². The molecule has 0 saturated carbocycles. The molecule has 0 unspecified atom stereocenters. The second-order valence-electron chi connectivity index (χ2n) is 7.30. The number of hydrogen-bond donors (Lipinski definition) is 2. The van der Waals surface area contributed by atoms with Crippen molar-refractivity contribution >= 4 is 58.6 Å². The quantitative estimate of drug-likeness (QED) is 0.263. The normalized spacial score (nSPS) is 13.8. The zero-order valence-electron chi connectivity index (χ0n) is 17.4. The number of anilines is 4. The first kappa shape index (κ1) is 22.7. The van der Waals surface area contributed by atoms with Crippen LogP contribution < -0.4 is 15.6 Å². The predicted octanol–water partition coefficient (Wildman–Crippen LogP) is 5.27. The maximum absolute atomic E-state index is 10.9. The monoisotopic (exact) mass is 486 g/mol. The molecule has 0 bridgehead atoms. The van der Waals surface area contributed by atoms with Crippen LogP contribution in [-0.2, 0) is 0 Å². The van der Waals surface area contributed by atoms with Crippen molar-refractivity contribution in [1.82, 2.24) is 15.0 Å². The van der Waals surface area contributed by atoms with E-state index in [4.69, 9.17) is 23.2 Å². The molecule has 3 aromatic rings. The molecule has 2 aromatic carbocycles. The Morgan fingerprint density at radius 1 is 0.970 bits per heavy atom. The molecule has 2 heterocycles. The third-order valence-electron chi connectivity index (χ3n) is 4.92. The van der Waals surface area contributed by atoms with Gasteiger partial charge in [0.05, 0.1) is 21.2 Å². The van der Waals surface area contributed by atoms with Crippen molar-refractivity contribution in [2.45, 2.75) is 19.3 Å². The first-order valence-electron chi connectivity index (χ1n) is 10.2. The molecule has 10 nitrogen and oxygen atoms in total. The van der Waals surface area contributed by atoms with E-state index < -0.39 is 4.92 Å². The van der Waals surface area contributed by atoms with Gasteiger partial charge in [-0.05, 0) is 49.1 Å². The number of nitrogens with zero attached hydrogens (tertiary/aromatic N) is 6. The smallest absolute Gasteiger partial charge is 0.269 e. The van der Waals surface area contributed by atoms with Crippen LogP contribution in [0.25, 0.3) is 0 Å². The van der Waals surface area contributed by atoms with E-state index in [9.17, 15) is 10.1 Å². The first-order valence-corrected chi connectivity index (χ1v) is 11.0. The van der Waals surface area contributed by atoms with E-state index in [1.54, 1.807) is 36.5 Å². The Hall–Kier alpha value is -3.50. The van der Waals surface area contributed by atoms with Crippen LogP contribution in [-0.4, -0.2) is 39.2 Å². The van der Waals surface area contributed by atoms with E-state index in [0.29, 0.717) is 27.6 Å². The Bertz CT molecular complexity index is 1170. The fourth-order valence-electron chi connectivity index (χ4n) is 3.26. The van der Waals surface area contributed by atoms with Crippen LogP contribution in [0.15, 0.2) is 47.6 Å². The van der Waals surface area contributed by atoms with Gasteiger partial charge in [0.15, 0.2) is 0 Å². The van der Waals surface area contributed by atoms with Gasteiger partial charge in [-0.2, -0.15) is 20.1 Å². The molecule has 1 fully saturated rings. The molecule has 0 spiro atoms. The first-order chi connectivity index (χ1) is 16.0. The zero-order chi connectivity index (χ0) is 23.2. The lowest BCUT2D eigenvalue weighted by Crippen LogP contribution is -2.31. The highest BCUT2D eigenvalue weighted by Crippen LogP contribution is 2.23. The minimum absolute atomic E-state index is 0.00389. The number of rotatable bonds is 7. The second-order valence-corrected chi connectivity index (χ2v) is 8.12. The summed E-state index contributed by atoms with van der Waals surface area (Å²) >= 11 is 12.0. The molecule has 12 heteroatoms. The summed E-state index contributed by atoms with van der Waals surface area (Å²) in [6.45, 7) is 1.71. The van der Waals surface area contributed by atoms with Crippen molar-refractivity contribution < 1.29 is 4.92 Å². The number of nitrogens with one attached hydrogen (secondary N) is 2. The van der Waals surface area contributed by atoms with Crippen LogP contribution in [0.5, 0.6) is 0 Å². The number of halogens is 2. The van der Waals surface area contributed by atoms with Crippen LogP contribution in [0.4, 0.5) is 29.2 Å². The molecule has 1 aromatic heterocycles. The van der Waals surface area contributed by atoms with Gasteiger partial charge in [0, 0.05) is 30.9 Å². The maximum atomic E-state index is 10.9. The third-order valence-corrected chi connectivity index (χ3v) is 5.66. The minimum atomic E-state index is -0.449. The van der Waals surface area contributed by atoms with Gasteiger partial charge in [-0.25, -0.2) is 5.43 Å². The summed E-state index contributed by atoms with van der Waals surface area (Å²) in [7, 11) is 0. The van der Waals surface area contributed by atoms with Crippen LogP contribution >= 0.6 is 23.2 Å². The summed E-state index contributed by atoms with van der Waals surface area (Å²) in [5.41, 5.74) is 4.20. The maximum Gasteiger partial charge on any atom is 0.269 e. The number of piperidine rings is 1. The second kappa shape index (κ2) is 10.4. The Kier molecular flexibility index (Phi) is 7.16. The summed E-state index contributed by atoms with van der Waals surface area (Å²) in [4.78, 5) is 25.9. The summed E-state index contributed by atoms with van der Waals surface area (Å²) in [5.74, 6) is 1.08. The van der Waals surface area contributed by atoms with Gasteiger partial charge in [0.1, 0.15) is 0 Å². The molecule has 4 rings (SSSR count). The summed E-state index contributed by atoms with van der Waals surface area (Å²) in [6.07, 6.45) is 4.88. The third kappa shape index (κ3) is 6.05. The zero-order valence-corrected chi connectivity index (χ0v) is 18.9. The van der Waals surface area contributed by atoms with Crippen LogP contribution in [0.1, 0.15) is 24.8 Å². The number of nitro benzene ring substituents is 1. The van der Waals surface area contributed by atoms with E-state index in [1.165, 1.54) is 18.6 Å². The highest BCUT2D eigenvalue weighted by atomic mass is 35.5. The van der Waals surface area contributed by atoms with Gasteiger partial charge in [0.25, 0.3) is 5.69 Å². The number of hydrazone groups is 1. The van der Waals surface area contributed by atoms with E-state index in [-0.39, 0.29) is 11.6 Å². The Morgan fingerprint density at radius 2 is 1.70 bits per heavy atom. The number of benzene rings is 2. The SMILES string of the molecule is O=[N+]([O-])c1ccc(Nc2nc(N/N=C/c3ccc(Cl)c(Cl)c3)nc(N3CCCCC3)n2)cc1. The number of hydrogen-bond acceptors (Lipinski definition) is 9. The molecule has 1 saturated heterocycles. The van der Waals surface area contributed by atoms with Crippen molar-refractivity contribution in [3.63, 3.8) is 0 Å². The predicted molar refractivity (Wildman–Crippen MR) is 130 cm³/mol. The van der Waals surface area contributed by atoms with E-state index in [0.717, 1.165) is 31.5 Å². The van der Waals surface area contributed by atoms with Crippen molar-refractivity contribution in [2.24, 2.45) is 5.10 Å². The Morgan fingerprint density at radius 3 is 2.39 bits per heavy atom. The minimum Gasteiger partial charge on any atom is -0.341 e. The van der Waals surface area contributed by atoms with E-state index in [1.807, 2.05) is 0 Å².